The van der Waals surface area contributed by atoms with E-state index in [1.54, 1.807) is 13.2 Å². The van der Waals surface area contributed by atoms with Gasteiger partial charge in [0.05, 0.1) is 19.4 Å². The number of hydrogen-bond donors (Lipinski definition) is 0. The van der Waals surface area contributed by atoms with Gasteiger partial charge in [-0.05, 0) is 79.5 Å². The predicted molar refractivity (Wildman–Crippen MR) is 123 cm³/mol. The quantitative estimate of drug-likeness (QED) is 0.345. The van der Waals surface area contributed by atoms with Gasteiger partial charge in [0.25, 0.3) is 0 Å². The second-order valence-corrected chi connectivity index (χ2v) is 8.40. The van der Waals surface area contributed by atoms with Crippen LogP contribution in [0.5, 0.6) is 11.5 Å². The molecule has 0 amide bonds. The summed E-state index contributed by atoms with van der Waals surface area (Å²) in [5.41, 5.74) is 1.50. The van der Waals surface area contributed by atoms with Crippen molar-refractivity contribution < 1.29 is 18.4 Å². The molecule has 0 atom stereocenters. The van der Waals surface area contributed by atoms with Crippen LogP contribution in [0.1, 0.15) is 30.9 Å². The predicted octanol–water partition coefficient (Wildman–Crippen LogP) is 5.78. The van der Waals surface area contributed by atoms with Crippen LogP contribution in [0.3, 0.4) is 0 Å². The summed E-state index contributed by atoms with van der Waals surface area (Å²) in [5, 5.41) is 7.47. The van der Waals surface area contributed by atoms with Crippen LogP contribution in [0.4, 0.5) is 4.39 Å². The van der Waals surface area contributed by atoms with Gasteiger partial charge in [0.1, 0.15) is 17.3 Å². The van der Waals surface area contributed by atoms with Crippen molar-refractivity contribution in [3.8, 4) is 11.5 Å². The zero-order chi connectivity index (χ0) is 21.9. The maximum absolute atomic E-state index is 13.4. The molecule has 3 aromatic carbocycles. The highest BCUT2D eigenvalue weighted by Gasteiger charge is 2.24. The van der Waals surface area contributed by atoms with E-state index in [9.17, 15) is 4.39 Å². The van der Waals surface area contributed by atoms with Crippen molar-refractivity contribution in [2.24, 2.45) is 0 Å². The van der Waals surface area contributed by atoms with Crippen molar-refractivity contribution in [2.45, 2.75) is 25.2 Å². The number of benzene rings is 3. The summed E-state index contributed by atoms with van der Waals surface area (Å²) in [6.45, 7) is 3.76. The Balaban J connectivity index is 1.09. The number of fused-ring (bicyclic) bond motifs is 2. The van der Waals surface area contributed by atoms with Crippen molar-refractivity contribution in [1.82, 2.24) is 10.1 Å². The lowest BCUT2D eigenvalue weighted by Gasteiger charge is -2.31. The van der Waals surface area contributed by atoms with Crippen molar-refractivity contribution in [2.75, 3.05) is 33.4 Å². The van der Waals surface area contributed by atoms with Crippen LogP contribution < -0.4 is 9.47 Å². The molecule has 0 unspecified atom stereocenters. The summed E-state index contributed by atoms with van der Waals surface area (Å²) in [5.74, 6) is 1.84. The molecule has 5 rings (SSSR count). The van der Waals surface area contributed by atoms with E-state index in [0.717, 1.165) is 72.2 Å². The second kappa shape index (κ2) is 9.17. The molecular weight excluding hydrogens is 407 g/mol. The number of aromatic nitrogens is 1. The highest BCUT2D eigenvalue weighted by molar-refractivity contribution is 5.85. The summed E-state index contributed by atoms with van der Waals surface area (Å²) in [7, 11) is 1.68. The average molecular weight is 435 g/mol. The molecule has 5 nitrogen and oxygen atoms in total. The molecule has 0 spiro atoms. The topological polar surface area (TPSA) is 47.7 Å². The molecule has 1 aliphatic rings. The first-order valence-corrected chi connectivity index (χ1v) is 11.2. The zero-order valence-electron chi connectivity index (χ0n) is 18.2. The fraction of sp³-hybridized carbons (Fsp3) is 0.346. The first-order valence-electron chi connectivity index (χ1n) is 11.2. The van der Waals surface area contributed by atoms with Gasteiger partial charge in [0.2, 0.25) is 0 Å². The Morgan fingerprint density at radius 3 is 2.53 bits per heavy atom. The van der Waals surface area contributed by atoms with Gasteiger partial charge in [-0.3, -0.25) is 0 Å². The number of hydrogen-bond acceptors (Lipinski definition) is 5. The van der Waals surface area contributed by atoms with Crippen LogP contribution in [0.25, 0.3) is 21.7 Å². The molecule has 1 aliphatic heterocycles. The Morgan fingerprint density at radius 2 is 1.75 bits per heavy atom. The summed E-state index contributed by atoms with van der Waals surface area (Å²) in [4.78, 5) is 2.48. The van der Waals surface area contributed by atoms with Gasteiger partial charge in [0.15, 0.2) is 5.58 Å². The van der Waals surface area contributed by atoms with Gasteiger partial charge in [-0.25, -0.2) is 4.39 Å². The van der Waals surface area contributed by atoms with Crippen LogP contribution in [0.2, 0.25) is 0 Å². The van der Waals surface area contributed by atoms with E-state index in [2.05, 4.69) is 28.3 Å². The molecule has 6 heteroatoms. The maximum Gasteiger partial charge on any atom is 0.170 e. The van der Waals surface area contributed by atoms with E-state index >= 15 is 0 Å². The van der Waals surface area contributed by atoms with E-state index < -0.39 is 0 Å². The molecule has 0 aliphatic carbocycles. The molecule has 166 valence electrons. The molecule has 1 aromatic heterocycles. The lowest BCUT2D eigenvalue weighted by molar-refractivity contribution is 0.191. The number of methoxy groups -OCH3 is 1. The Labute approximate surface area is 186 Å². The zero-order valence-corrected chi connectivity index (χ0v) is 18.2. The summed E-state index contributed by atoms with van der Waals surface area (Å²) < 4.78 is 30.0. The molecular formula is C26H27FN2O3. The van der Waals surface area contributed by atoms with E-state index in [-0.39, 0.29) is 5.82 Å². The Hall–Kier alpha value is -3.12. The molecule has 0 radical (unpaired) electrons. The molecule has 0 saturated carbocycles. The van der Waals surface area contributed by atoms with Crippen LogP contribution in [-0.4, -0.2) is 43.4 Å². The van der Waals surface area contributed by atoms with E-state index in [1.165, 1.54) is 12.1 Å². The number of piperidine rings is 1. The first kappa shape index (κ1) is 20.8. The smallest absolute Gasteiger partial charge is 0.170 e. The van der Waals surface area contributed by atoms with Crippen LogP contribution in [0.15, 0.2) is 59.1 Å². The molecule has 0 bridgehead atoms. The van der Waals surface area contributed by atoms with Gasteiger partial charge in [-0.2, -0.15) is 0 Å². The SMILES string of the molecule is COc1ccc2cc(OCCCN3CCC(c4noc5cc(F)ccc45)CC3)ccc2c1. The Kier molecular flexibility index (Phi) is 5.95. The minimum atomic E-state index is -0.291. The van der Waals surface area contributed by atoms with Gasteiger partial charge in [0, 0.05) is 23.9 Å². The van der Waals surface area contributed by atoms with Crippen LogP contribution >= 0.6 is 0 Å². The van der Waals surface area contributed by atoms with Gasteiger partial charge < -0.3 is 18.9 Å². The van der Waals surface area contributed by atoms with Crippen molar-refractivity contribution in [3.63, 3.8) is 0 Å². The Bertz CT molecular complexity index is 1210. The lowest BCUT2D eigenvalue weighted by atomic mass is 9.91. The highest BCUT2D eigenvalue weighted by atomic mass is 19.1. The maximum atomic E-state index is 13.4. The van der Waals surface area contributed by atoms with Crippen molar-refractivity contribution in [1.29, 1.82) is 0 Å². The second-order valence-electron chi connectivity index (χ2n) is 8.40. The molecule has 32 heavy (non-hydrogen) atoms. The number of ether oxygens (including phenoxy) is 2. The highest BCUT2D eigenvalue weighted by Crippen LogP contribution is 2.33. The number of halogens is 1. The van der Waals surface area contributed by atoms with Crippen LogP contribution in [0, 0.1) is 5.82 Å². The molecule has 0 N–H and O–H groups in total. The van der Waals surface area contributed by atoms with Crippen molar-refractivity contribution in [3.05, 3.63) is 66.1 Å². The first-order chi connectivity index (χ1) is 15.7. The summed E-state index contributed by atoms with van der Waals surface area (Å²) in [6.07, 6.45) is 3.06. The minimum Gasteiger partial charge on any atom is -0.497 e. The van der Waals surface area contributed by atoms with E-state index in [0.29, 0.717) is 18.1 Å². The molecule has 1 saturated heterocycles. The standard InChI is InChI=1S/C26H27FN2O3/c1-30-22-6-3-20-16-23(7-4-19(20)15-22)31-14-2-11-29-12-9-18(10-13-29)26-24-8-5-21(27)17-25(24)32-28-26/h3-8,15-18H,2,9-14H2,1H3. The largest absolute Gasteiger partial charge is 0.497 e. The van der Waals surface area contributed by atoms with Gasteiger partial charge in [-0.15, -0.1) is 0 Å². The third-order valence-corrected chi connectivity index (χ3v) is 6.34. The van der Waals surface area contributed by atoms with Crippen molar-refractivity contribution >= 4 is 21.7 Å². The number of likely N-dealkylation sites (tertiary alicyclic amines) is 1. The van der Waals surface area contributed by atoms with Gasteiger partial charge >= 0.3 is 0 Å². The fourth-order valence-corrected chi connectivity index (χ4v) is 4.55. The normalized spacial score (nSPS) is 15.4. The number of nitrogens with zero attached hydrogens (tertiary/aromatic N) is 2. The average Bonchev–Trinajstić information content (AvgIpc) is 3.25. The lowest BCUT2D eigenvalue weighted by Crippen LogP contribution is -2.34. The summed E-state index contributed by atoms with van der Waals surface area (Å²) >= 11 is 0. The van der Waals surface area contributed by atoms with E-state index in [4.69, 9.17) is 14.0 Å². The minimum absolute atomic E-state index is 0.291. The molecule has 1 fully saturated rings. The molecule has 4 aromatic rings. The third-order valence-electron chi connectivity index (χ3n) is 6.34. The fourth-order valence-electron chi connectivity index (χ4n) is 4.55. The number of rotatable bonds is 7. The molecule has 2 heterocycles. The van der Waals surface area contributed by atoms with E-state index in [1.807, 2.05) is 18.2 Å². The Morgan fingerprint density at radius 1 is 1.00 bits per heavy atom. The third kappa shape index (κ3) is 4.41. The van der Waals surface area contributed by atoms with Crippen LogP contribution in [-0.2, 0) is 0 Å². The van der Waals surface area contributed by atoms with Gasteiger partial charge in [-0.1, -0.05) is 17.3 Å². The monoisotopic (exact) mass is 434 g/mol. The summed E-state index contributed by atoms with van der Waals surface area (Å²) in [6, 6.07) is 16.9.